The predicted molar refractivity (Wildman–Crippen MR) is 49.8 cm³/mol. The molecule has 0 aromatic rings. The second-order valence-electron chi connectivity index (χ2n) is 3.60. The van der Waals surface area contributed by atoms with E-state index in [9.17, 15) is 0 Å². The van der Waals surface area contributed by atoms with Crippen molar-refractivity contribution in [3.8, 4) is 0 Å². The van der Waals surface area contributed by atoms with Gasteiger partial charge in [0, 0.05) is 6.42 Å². The van der Waals surface area contributed by atoms with Gasteiger partial charge in [-0.3, -0.25) is 0 Å². The Morgan fingerprint density at radius 1 is 1.33 bits per heavy atom. The molecular formula is C11H16O. The average molecular weight is 164 g/mol. The van der Waals surface area contributed by atoms with E-state index < -0.39 is 0 Å². The van der Waals surface area contributed by atoms with Crippen molar-refractivity contribution in [2.24, 2.45) is 0 Å². The monoisotopic (exact) mass is 164 g/mol. The number of hydrogen-bond acceptors (Lipinski definition) is 1. The molecule has 1 heterocycles. The molecule has 0 aromatic carbocycles. The number of ether oxygens (including phenoxy) is 1. The third-order valence-electron chi connectivity index (χ3n) is 2.71. The summed E-state index contributed by atoms with van der Waals surface area (Å²) in [5.74, 6) is 1.31. The zero-order valence-electron chi connectivity index (χ0n) is 7.68. The first-order chi connectivity index (χ1) is 5.90. The molecule has 0 N–H and O–H groups in total. The summed E-state index contributed by atoms with van der Waals surface area (Å²) in [7, 11) is 0. The van der Waals surface area contributed by atoms with E-state index >= 15 is 0 Å². The fraction of sp³-hybridized carbons (Fsp3) is 0.636. The highest BCUT2D eigenvalue weighted by Gasteiger charge is 2.23. The zero-order valence-corrected chi connectivity index (χ0v) is 7.68. The topological polar surface area (TPSA) is 9.23 Å². The molecule has 0 radical (unpaired) electrons. The Morgan fingerprint density at radius 3 is 3.08 bits per heavy atom. The van der Waals surface area contributed by atoms with Crippen LogP contribution < -0.4 is 0 Å². The SMILES string of the molecule is C/C=C/C1CCC2=C(CCC2)O1. The first-order valence-electron chi connectivity index (χ1n) is 4.90. The third-order valence-corrected chi connectivity index (χ3v) is 2.71. The van der Waals surface area contributed by atoms with Gasteiger partial charge in [0.15, 0.2) is 0 Å². The maximum atomic E-state index is 5.84. The Bertz CT molecular complexity index is 225. The van der Waals surface area contributed by atoms with Crippen molar-refractivity contribution >= 4 is 0 Å². The first-order valence-corrected chi connectivity index (χ1v) is 4.90. The molecule has 1 atom stereocenters. The summed E-state index contributed by atoms with van der Waals surface area (Å²) < 4.78 is 5.84. The molecular weight excluding hydrogens is 148 g/mol. The molecule has 1 heteroatoms. The molecule has 1 aliphatic heterocycles. The summed E-state index contributed by atoms with van der Waals surface area (Å²) in [6.45, 7) is 2.06. The quantitative estimate of drug-likeness (QED) is 0.541. The van der Waals surface area contributed by atoms with Crippen LogP contribution in [0.25, 0.3) is 0 Å². The Labute approximate surface area is 74.1 Å². The van der Waals surface area contributed by atoms with Crippen molar-refractivity contribution in [3.05, 3.63) is 23.5 Å². The van der Waals surface area contributed by atoms with Gasteiger partial charge in [-0.05, 0) is 44.3 Å². The molecule has 1 aliphatic carbocycles. The Morgan fingerprint density at radius 2 is 2.25 bits per heavy atom. The predicted octanol–water partition coefficient (Wildman–Crippen LogP) is 3.18. The lowest BCUT2D eigenvalue weighted by molar-refractivity contribution is 0.126. The average Bonchev–Trinajstić information content (AvgIpc) is 2.51. The van der Waals surface area contributed by atoms with Crippen LogP contribution in [0.3, 0.4) is 0 Å². The van der Waals surface area contributed by atoms with Gasteiger partial charge in [-0.15, -0.1) is 0 Å². The molecule has 0 amide bonds. The molecule has 66 valence electrons. The largest absolute Gasteiger partial charge is 0.491 e. The van der Waals surface area contributed by atoms with E-state index in [-0.39, 0.29) is 0 Å². The molecule has 0 saturated carbocycles. The maximum absolute atomic E-state index is 5.84. The summed E-state index contributed by atoms with van der Waals surface area (Å²) in [5, 5.41) is 0. The Hall–Kier alpha value is -0.720. The van der Waals surface area contributed by atoms with E-state index in [2.05, 4.69) is 19.1 Å². The van der Waals surface area contributed by atoms with E-state index in [0.717, 1.165) is 0 Å². The van der Waals surface area contributed by atoms with Crippen molar-refractivity contribution in [3.63, 3.8) is 0 Å². The summed E-state index contributed by atoms with van der Waals surface area (Å²) in [4.78, 5) is 0. The van der Waals surface area contributed by atoms with Crippen LogP contribution in [0.1, 0.15) is 39.0 Å². The maximum Gasteiger partial charge on any atom is 0.117 e. The lowest BCUT2D eigenvalue weighted by Crippen LogP contribution is -2.14. The highest BCUT2D eigenvalue weighted by molar-refractivity contribution is 5.18. The molecule has 0 bridgehead atoms. The number of rotatable bonds is 1. The Balaban J connectivity index is 2.04. The Kier molecular flexibility index (Phi) is 2.20. The summed E-state index contributed by atoms with van der Waals surface area (Å²) in [5.41, 5.74) is 1.59. The first kappa shape index (κ1) is 7.90. The second-order valence-corrected chi connectivity index (χ2v) is 3.60. The van der Waals surface area contributed by atoms with Gasteiger partial charge < -0.3 is 4.74 Å². The van der Waals surface area contributed by atoms with Crippen molar-refractivity contribution in [2.75, 3.05) is 0 Å². The molecule has 2 rings (SSSR count). The van der Waals surface area contributed by atoms with Crippen LogP contribution in [0.2, 0.25) is 0 Å². The van der Waals surface area contributed by atoms with E-state index in [1.54, 1.807) is 5.57 Å². The smallest absolute Gasteiger partial charge is 0.117 e. The van der Waals surface area contributed by atoms with Gasteiger partial charge in [0.1, 0.15) is 6.10 Å². The van der Waals surface area contributed by atoms with Crippen molar-refractivity contribution in [1.82, 2.24) is 0 Å². The van der Waals surface area contributed by atoms with Gasteiger partial charge in [-0.25, -0.2) is 0 Å². The number of allylic oxidation sites excluding steroid dienone is 3. The molecule has 12 heavy (non-hydrogen) atoms. The van der Waals surface area contributed by atoms with Crippen LogP contribution in [0.4, 0.5) is 0 Å². The lowest BCUT2D eigenvalue weighted by atomic mass is 10.0. The van der Waals surface area contributed by atoms with E-state index in [1.165, 1.54) is 37.9 Å². The van der Waals surface area contributed by atoms with Crippen LogP contribution in [-0.4, -0.2) is 6.10 Å². The van der Waals surface area contributed by atoms with Crippen molar-refractivity contribution < 1.29 is 4.74 Å². The fourth-order valence-electron chi connectivity index (χ4n) is 2.09. The minimum Gasteiger partial charge on any atom is -0.491 e. The van der Waals surface area contributed by atoms with Crippen molar-refractivity contribution in [1.29, 1.82) is 0 Å². The minimum atomic E-state index is 0.367. The van der Waals surface area contributed by atoms with Gasteiger partial charge >= 0.3 is 0 Å². The molecule has 1 unspecified atom stereocenters. The summed E-state index contributed by atoms with van der Waals surface area (Å²) in [6.07, 6.45) is 10.9. The fourth-order valence-corrected chi connectivity index (χ4v) is 2.09. The molecule has 2 aliphatic rings. The van der Waals surface area contributed by atoms with E-state index in [1.807, 2.05) is 0 Å². The summed E-state index contributed by atoms with van der Waals surface area (Å²) in [6, 6.07) is 0. The second kappa shape index (κ2) is 3.34. The molecule has 0 saturated heterocycles. The van der Waals surface area contributed by atoms with Crippen LogP contribution in [0.15, 0.2) is 23.5 Å². The van der Waals surface area contributed by atoms with Gasteiger partial charge in [0.05, 0.1) is 5.76 Å². The van der Waals surface area contributed by atoms with E-state index in [0.29, 0.717) is 6.10 Å². The number of hydrogen-bond donors (Lipinski definition) is 0. The van der Waals surface area contributed by atoms with Crippen LogP contribution >= 0.6 is 0 Å². The zero-order chi connectivity index (χ0) is 8.39. The lowest BCUT2D eigenvalue weighted by Gasteiger charge is -2.23. The highest BCUT2D eigenvalue weighted by Crippen LogP contribution is 2.35. The minimum absolute atomic E-state index is 0.367. The molecule has 1 nitrogen and oxygen atoms in total. The molecule has 0 aromatic heterocycles. The van der Waals surface area contributed by atoms with Crippen LogP contribution in [-0.2, 0) is 4.74 Å². The van der Waals surface area contributed by atoms with Gasteiger partial charge in [0.2, 0.25) is 0 Å². The highest BCUT2D eigenvalue weighted by atomic mass is 16.5. The molecule has 0 fully saturated rings. The van der Waals surface area contributed by atoms with Crippen molar-refractivity contribution in [2.45, 2.75) is 45.1 Å². The third kappa shape index (κ3) is 1.40. The van der Waals surface area contributed by atoms with Crippen LogP contribution in [0, 0.1) is 0 Å². The van der Waals surface area contributed by atoms with Gasteiger partial charge in [-0.2, -0.15) is 0 Å². The molecule has 0 spiro atoms. The van der Waals surface area contributed by atoms with E-state index in [4.69, 9.17) is 4.74 Å². The van der Waals surface area contributed by atoms with Gasteiger partial charge in [0.25, 0.3) is 0 Å². The normalized spacial score (nSPS) is 29.2. The standard InChI is InChI=1S/C11H16O/c1-2-4-10-8-7-9-5-3-6-11(9)12-10/h2,4,10H,3,5-8H2,1H3/b4-2+. The summed E-state index contributed by atoms with van der Waals surface area (Å²) >= 11 is 0. The van der Waals surface area contributed by atoms with Gasteiger partial charge in [-0.1, -0.05) is 6.08 Å². The van der Waals surface area contributed by atoms with Crippen LogP contribution in [0.5, 0.6) is 0 Å².